The van der Waals surface area contributed by atoms with Crippen molar-refractivity contribution in [3.63, 3.8) is 0 Å². The summed E-state index contributed by atoms with van der Waals surface area (Å²) in [7, 11) is 0. The van der Waals surface area contributed by atoms with Crippen molar-refractivity contribution in [3.05, 3.63) is 71.9 Å². The van der Waals surface area contributed by atoms with E-state index in [4.69, 9.17) is 4.52 Å². The maximum atomic E-state index is 4.77. The highest BCUT2D eigenvalue weighted by atomic mass is 32.1. The number of benzene rings is 2. The number of aromatic nitrogens is 3. The van der Waals surface area contributed by atoms with Crippen LogP contribution in [0.2, 0.25) is 0 Å². The molecule has 0 aliphatic carbocycles. The van der Waals surface area contributed by atoms with E-state index in [0.29, 0.717) is 5.82 Å². The van der Waals surface area contributed by atoms with Gasteiger partial charge in [-0.2, -0.15) is 10.1 Å². The molecule has 0 unspecified atom stereocenters. The Morgan fingerprint density at radius 1 is 1.04 bits per heavy atom. The zero-order chi connectivity index (χ0) is 16.9. The van der Waals surface area contributed by atoms with Crippen molar-refractivity contribution < 1.29 is 4.52 Å². The lowest BCUT2D eigenvalue weighted by molar-refractivity contribution is 0.419. The number of hydrogen-bond donors (Lipinski definition) is 1. The van der Waals surface area contributed by atoms with Crippen LogP contribution in [-0.2, 0) is 0 Å². The highest BCUT2D eigenvalue weighted by Crippen LogP contribution is 2.24. The van der Waals surface area contributed by atoms with E-state index in [9.17, 15) is 0 Å². The van der Waals surface area contributed by atoms with Gasteiger partial charge in [-0.05, 0) is 11.6 Å². The van der Waals surface area contributed by atoms with Crippen LogP contribution < -0.4 is 5.43 Å². The smallest absolute Gasteiger partial charge is 0.214 e. The molecular formula is C18H13N5OS. The van der Waals surface area contributed by atoms with Gasteiger partial charge in [0.1, 0.15) is 0 Å². The molecule has 0 bridgehead atoms. The molecule has 0 fully saturated rings. The lowest BCUT2D eigenvalue weighted by atomic mass is 10.1. The standard InChI is InChI=1S/C18H13N5OS/c1-2-6-14(7-3-1)16-11-25-18(21-16)22-20-10-13-5-4-8-15(9-13)17-19-12-24-23-17/h1-12H,(H,21,22). The molecule has 4 rings (SSSR count). The fourth-order valence-electron chi connectivity index (χ4n) is 2.28. The average molecular weight is 347 g/mol. The van der Waals surface area contributed by atoms with Gasteiger partial charge in [0.15, 0.2) is 0 Å². The molecule has 2 aromatic heterocycles. The van der Waals surface area contributed by atoms with Crippen molar-refractivity contribution in [2.24, 2.45) is 5.10 Å². The number of nitrogens with zero attached hydrogens (tertiary/aromatic N) is 4. The van der Waals surface area contributed by atoms with Crippen LogP contribution in [0, 0.1) is 0 Å². The van der Waals surface area contributed by atoms with E-state index in [2.05, 4.69) is 25.7 Å². The number of thiazole rings is 1. The summed E-state index contributed by atoms with van der Waals surface area (Å²) >= 11 is 1.51. The second kappa shape index (κ2) is 7.06. The Labute approximate surface area is 147 Å². The third-order valence-corrected chi connectivity index (χ3v) is 4.20. The second-order valence-electron chi connectivity index (χ2n) is 5.15. The summed E-state index contributed by atoms with van der Waals surface area (Å²) in [6, 6.07) is 17.8. The number of hydrazone groups is 1. The van der Waals surface area contributed by atoms with E-state index >= 15 is 0 Å². The average Bonchev–Trinajstić information content (AvgIpc) is 3.35. The molecule has 0 saturated carbocycles. The van der Waals surface area contributed by atoms with E-state index < -0.39 is 0 Å². The second-order valence-corrected chi connectivity index (χ2v) is 6.01. The normalized spacial score (nSPS) is 11.0. The molecule has 0 aliphatic rings. The Kier molecular flexibility index (Phi) is 4.30. The van der Waals surface area contributed by atoms with Crippen LogP contribution in [0.25, 0.3) is 22.6 Å². The summed E-state index contributed by atoms with van der Waals surface area (Å²) in [5, 5.41) is 10.8. The molecule has 0 radical (unpaired) electrons. The molecule has 1 N–H and O–H groups in total. The molecule has 2 aromatic carbocycles. The molecule has 7 heteroatoms. The summed E-state index contributed by atoms with van der Waals surface area (Å²) in [5.41, 5.74) is 6.78. The van der Waals surface area contributed by atoms with Gasteiger partial charge in [-0.15, -0.1) is 11.3 Å². The number of anilines is 1. The van der Waals surface area contributed by atoms with E-state index in [1.165, 1.54) is 17.7 Å². The van der Waals surface area contributed by atoms with Crippen LogP contribution in [0.3, 0.4) is 0 Å². The van der Waals surface area contributed by atoms with Gasteiger partial charge in [0.2, 0.25) is 17.3 Å². The molecule has 25 heavy (non-hydrogen) atoms. The molecule has 0 atom stereocenters. The molecule has 2 heterocycles. The van der Waals surface area contributed by atoms with E-state index in [-0.39, 0.29) is 0 Å². The molecule has 0 saturated heterocycles. The third kappa shape index (κ3) is 3.61. The molecule has 122 valence electrons. The van der Waals surface area contributed by atoms with Gasteiger partial charge in [0.25, 0.3) is 0 Å². The van der Waals surface area contributed by atoms with E-state index in [1.54, 1.807) is 6.21 Å². The Balaban J connectivity index is 1.45. The van der Waals surface area contributed by atoms with Gasteiger partial charge in [-0.1, -0.05) is 53.7 Å². The van der Waals surface area contributed by atoms with Crippen molar-refractivity contribution >= 4 is 22.7 Å². The van der Waals surface area contributed by atoms with Crippen LogP contribution >= 0.6 is 11.3 Å². The van der Waals surface area contributed by atoms with Crippen molar-refractivity contribution in [2.75, 3.05) is 5.43 Å². The predicted octanol–water partition coefficient (Wildman–Crippen LogP) is 4.31. The first-order valence-corrected chi connectivity index (χ1v) is 8.43. The maximum absolute atomic E-state index is 4.77. The number of nitrogens with one attached hydrogen (secondary N) is 1. The molecule has 0 spiro atoms. The van der Waals surface area contributed by atoms with E-state index in [0.717, 1.165) is 27.5 Å². The van der Waals surface area contributed by atoms with Gasteiger partial charge in [0.05, 0.1) is 11.9 Å². The predicted molar refractivity (Wildman–Crippen MR) is 98.5 cm³/mol. The third-order valence-electron chi connectivity index (χ3n) is 3.45. The van der Waals surface area contributed by atoms with Crippen molar-refractivity contribution in [1.29, 1.82) is 0 Å². The first-order chi connectivity index (χ1) is 12.4. The van der Waals surface area contributed by atoms with Crippen LogP contribution in [-0.4, -0.2) is 21.3 Å². The summed E-state index contributed by atoms with van der Waals surface area (Å²) in [6.07, 6.45) is 3.04. The minimum atomic E-state index is 0.552. The SMILES string of the molecule is C(=NNc1nc(-c2ccccc2)cs1)c1cccc(-c2ncon2)c1. The van der Waals surface area contributed by atoms with Crippen LogP contribution in [0.15, 0.2) is 76.0 Å². The summed E-state index contributed by atoms with van der Waals surface area (Å²) in [5.74, 6) is 0.552. The summed E-state index contributed by atoms with van der Waals surface area (Å²) in [4.78, 5) is 8.57. The van der Waals surface area contributed by atoms with E-state index in [1.807, 2.05) is 60.0 Å². The first-order valence-electron chi connectivity index (χ1n) is 7.55. The first kappa shape index (κ1) is 15.2. The minimum Gasteiger partial charge on any atom is -0.342 e. The van der Waals surface area contributed by atoms with Gasteiger partial charge in [0, 0.05) is 16.5 Å². The quantitative estimate of drug-likeness (QED) is 0.430. The van der Waals surface area contributed by atoms with Crippen LogP contribution in [0.1, 0.15) is 5.56 Å². The zero-order valence-electron chi connectivity index (χ0n) is 13.0. The largest absolute Gasteiger partial charge is 0.342 e. The lowest BCUT2D eigenvalue weighted by Gasteiger charge is -1.98. The maximum Gasteiger partial charge on any atom is 0.214 e. The highest BCUT2D eigenvalue weighted by molar-refractivity contribution is 7.14. The molecule has 0 amide bonds. The van der Waals surface area contributed by atoms with Crippen molar-refractivity contribution in [1.82, 2.24) is 15.1 Å². The topological polar surface area (TPSA) is 76.2 Å². The zero-order valence-corrected chi connectivity index (χ0v) is 13.9. The monoisotopic (exact) mass is 347 g/mol. The van der Waals surface area contributed by atoms with Gasteiger partial charge in [-0.25, -0.2) is 4.98 Å². The van der Waals surface area contributed by atoms with Gasteiger partial charge < -0.3 is 4.52 Å². The fraction of sp³-hybridized carbons (Fsp3) is 0. The summed E-state index contributed by atoms with van der Waals surface area (Å²) in [6.45, 7) is 0. The van der Waals surface area contributed by atoms with Gasteiger partial charge in [-0.3, -0.25) is 5.43 Å². The Morgan fingerprint density at radius 2 is 1.92 bits per heavy atom. The Hall–Kier alpha value is -3.32. The molecule has 0 aliphatic heterocycles. The lowest BCUT2D eigenvalue weighted by Crippen LogP contribution is -1.91. The Bertz CT molecular complexity index is 980. The fourth-order valence-corrected chi connectivity index (χ4v) is 2.95. The Morgan fingerprint density at radius 3 is 2.76 bits per heavy atom. The summed E-state index contributed by atoms with van der Waals surface area (Å²) < 4.78 is 4.77. The molecular weight excluding hydrogens is 334 g/mol. The van der Waals surface area contributed by atoms with Gasteiger partial charge >= 0.3 is 0 Å². The highest BCUT2D eigenvalue weighted by Gasteiger charge is 2.04. The number of rotatable bonds is 5. The molecule has 6 nitrogen and oxygen atoms in total. The van der Waals surface area contributed by atoms with Crippen LogP contribution in [0.4, 0.5) is 5.13 Å². The molecule has 4 aromatic rings. The minimum absolute atomic E-state index is 0.552. The van der Waals surface area contributed by atoms with Crippen molar-refractivity contribution in [3.8, 4) is 22.6 Å². The van der Waals surface area contributed by atoms with Crippen molar-refractivity contribution in [2.45, 2.75) is 0 Å². The number of hydrogen-bond acceptors (Lipinski definition) is 7. The van der Waals surface area contributed by atoms with Crippen LogP contribution in [0.5, 0.6) is 0 Å².